The predicted molar refractivity (Wildman–Crippen MR) is 150 cm³/mol. The Hall–Kier alpha value is -5.29. The Morgan fingerprint density at radius 2 is 1.74 bits per heavy atom. The molecule has 2 heterocycles. The molecule has 5 aromatic rings. The van der Waals surface area contributed by atoms with Crippen LogP contribution in [0.4, 0.5) is 22.7 Å². The van der Waals surface area contributed by atoms with E-state index >= 15 is 0 Å². The van der Waals surface area contributed by atoms with Crippen molar-refractivity contribution < 1.29 is 9.53 Å². The first-order chi connectivity index (χ1) is 18.4. The zero-order valence-corrected chi connectivity index (χ0v) is 21.3. The van der Waals surface area contributed by atoms with Crippen molar-refractivity contribution in [2.24, 2.45) is 0 Å². The Morgan fingerprint density at radius 3 is 2.45 bits per heavy atom. The van der Waals surface area contributed by atoms with Crippen LogP contribution in [0, 0.1) is 18.3 Å². The van der Waals surface area contributed by atoms with Crippen molar-refractivity contribution in [1.29, 1.82) is 5.26 Å². The van der Waals surface area contributed by atoms with E-state index in [1.54, 1.807) is 16.8 Å². The SMILES string of the molecule is Cc1c(NC(=O)c2cccc(N(C)C)c2)cn2ncc(C#N)c(Nc3ccc(Oc4ccccc4)cc3)c12. The highest BCUT2D eigenvalue weighted by Crippen LogP contribution is 2.33. The van der Waals surface area contributed by atoms with Gasteiger partial charge in [0.1, 0.15) is 17.6 Å². The first-order valence-electron chi connectivity index (χ1n) is 12.0. The number of benzene rings is 3. The normalized spacial score (nSPS) is 10.6. The fourth-order valence-electron chi connectivity index (χ4n) is 4.12. The van der Waals surface area contributed by atoms with Crippen molar-refractivity contribution in [3.8, 4) is 17.6 Å². The number of nitrogens with one attached hydrogen (secondary N) is 2. The number of hydrogen-bond acceptors (Lipinski definition) is 6. The van der Waals surface area contributed by atoms with Gasteiger partial charge in [0.2, 0.25) is 0 Å². The van der Waals surface area contributed by atoms with Crippen molar-refractivity contribution in [3.63, 3.8) is 0 Å². The summed E-state index contributed by atoms with van der Waals surface area (Å²) in [5.74, 6) is 1.23. The number of aromatic nitrogens is 2. The number of fused-ring (bicyclic) bond motifs is 1. The molecule has 0 fully saturated rings. The summed E-state index contributed by atoms with van der Waals surface area (Å²) in [6.45, 7) is 1.89. The van der Waals surface area contributed by atoms with Gasteiger partial charge in [-0.2, -0.15) is 10.4 Å². The number of amides is 1. The van der Waals surface area contributed by atoms with E-state index in [1.807, 2.05) is 98.7 Å². The van der Waals surface area contributed by atoms with Crippen molar-refractivity contribution >= 4 is 34.2 Å². The van der Waals surface area contributed by atoms with Gasteiger partial charge in [0.05, 0.1) is 34.8 Å². The lowest BCUT2D eigenvalue weighted by atomic mass is 10.1. The lowest BCUT2D eigenvalue weighted by Gasteiger charge is -2.13. The third-order valence-corrected chi connectivity index (χ3v) is 6.15. The van der Waals surface area contributed by atoms with E-state index < -0.39 is 0 Å². The maximum absolute atomic E-state index is 13.0. The number of rotatable bonds is 7. The Kier molecular flexibility index (Phi) is 6.66. The highest BCUT2D eigenvalue weighted by Gasteiger charge is 2.18. The summed E-state index contributed by atoms with van der Waals surface area (Å²) >= 11 is 0. The van der Waals surface area contributed by atoms with Gasteiger partial charge in [0, 0.05) is 36.6 Å². The molecule has 0 saturated heterocycles. The molecule has 0 bridgehead atoms. The number of carbonyl (C=O) groups is 1. The molecule has 2 aromatic heterocycles. The number of ether oxygens (including phenoxy) is 1. The van der Waals surface area contributed by atoms with Crippen LogP contribution in [0.2, 0.25) is 0 Å². The Balaban J connectivity index is 1.43. The van der Waals surface area contributed by atoms with Gasteiger partial charge < -0.3 is 20.3 Å². The smallest absolute Gasteiger partial charge is 0.255 e. The summed E-state index contributed by atoms with van der Waals surface area (Å²) in [7, 11) is 3.86. The van der Waals surface area contributed by atoms with Gasteiger partial charge >= 0.3 is 0 Å². The van der Waals surface area contributed by atoms with Crippen molar-refractivity contribution in [3.05, 3.63) is 108 Å². The van der Waals surface area contributed by atoms with Crippen LogP contribution in [0.5, 0.6) is 11.5 Å². The third-order valence-electron chi connectivity index (χ3n) is 6.15. The van der Waals surface area contributed by atoms with Crippen molar-refractivity contribution in [2.75, 3.05) is 29.6 Å². The van der Waals surface area contributed by atoms with E-state index in [2.05, 4.69) is 21.8 Å². The van der Waals surface area contributed by atoms with Crippen molar-refractivity contribution in [1.82, 2.24) is 9.61 Å². The molecule has 8 nitrogen and oxygen atoms in total. The van der Waals surface area contributed by atoms with Gasteiger partial charge in [-0.15, -0.1) is 0 Å². The highest BCUT2D eigenvalue weighted by atomic mass is 16.5. The molecular weight excluding hydrogens is 476 g/mol. The summed E-state index contributed by atoms with van der Waals surface area (Å²) in [6, 6.07) is 26.7. The number of nitrogens with zero attached hydrogens (tertiary/aromatic N) is 4. The second-order valence-electron chi connectivity index (χ2n) is 8.97. The standard InChI is InChI=1S/C30H26N6O2/c1-20-27(34-30(37)21-8-7-9-24(16-21)35(2)3)19-36-29(20)28(22(17-31)18-32-36)33-23-12-14-26(15-13-23)38-25-10-5-4-6-11-25/h4-16,18-19,33H,1-3H3,(H,34,37). The fraction of sp³-hybridized carbons (Fsp3) is 0.100. The Morgan fingerprint density at radius 1 is 1.00 bits per heavy atom. The lowest BCUT2D eigenvalue weighted by molar-refractivity contribution is 0.102. The second-order valence-corrected chi connectivity index (χ2v) is 8.97. The first kappa shape index (κ1) is 24.4. The number of aryl methyl sites for hydroxylation is 1. The molecule has 38 heavy (non-hydrogen) atoms. The van der Waals surface area contributed by atoms with E-state index in [0.717, 1.165) is 22.7 Å². The van der Waals surface area contributed by atoms with Gasteiger partial charge in [-0.05, 0) is 61.5 Å². The summed E-state index contributed by atoms with van der Waals surface area (Å²) in [5, 5.41) is 20.5. The topological polar surface area (TPSA) is 94.7 Å². The molecule has 0 radical (unpaired) electrons. The Bertz CT molecular complexity index is 1650. The van der Waals surface area contributed by atoms with Crippen LogP contribution in [0.3, 0.4) is 0 Å². The number of para-hydroxylation sites is 1. The lowest BCUT2D eigenvalue weighted by Crippen LogP contribution is -2.14. The second kappa shape index (κ2) is 10.4. The maximum Gasteiger partial charge on any atom is 0.255 e. The average molecular weight is 503 g/mol. The summed E-state index contributed by atoms with van der Waals surface area (Å²) < 4.78 is 7.54. The van der Waals surface area contributed by atoms with Gasteiger partial charge in [-0.25, -0.2) is 4.52 Å². The minimum absolute atomic E-state index is 0.225. The minimum Gasteiger partial charge on any atom is -0.457 e. The van der Waals surface area contributed by atoms with Crippen LogP contribution < -0.4 is 20.3 Å². The summed E-state index contributed by atoms with van der Waals surface area (Å²) in [5.41, 5.74) is 5.36. The van der Waals surface area contributed by atoms with Crippen LogP contribution in [-0.4, -0.2) is 29.6 Å². The van der Waals surface area contributed by atoms with E-state index in [1.165, 1.54) is 6.20 Å². The van der Waals surface area contributed by atoms with Gasteiger partial charge in [0.15, 0.2) is 0 Å². The molecule has 0 unspecified atom stereocenters. The van der Waals surface area contributed by atoms with Crippen LogP contribution >= 0.6 is 0 Å². The molecule has 188 valence electrons. The number of anilines is 4. The zero-order chi connectivity index (χ0) is 26.6. The number of carbonyl (C=O) groups excluding carboxylic acids is 1. The molecule has 0 aliphatic heterocycles. The number of hydrogen-bond donors (Lipinski definition) is 2. The number of nitriles is 1. The first-order valence-corrected chi connectivity index (χ1v) is 12.0. The third kappa shape index (κ3) is 4.99. The molecule has 0 aliphatic rings. The fourth-order valence-corrected chi connectivity index (χ4v) is 4.12. The molecule has 1 amide bonds. The van der Waals surface area contributed by atoms with Gasteiger partial charge in [-0.1, -0.05) is 24.3 Å². The molecule has 0 saturated carbocycles. The zero-order valence-electron chi connectivity index (χ0n) is 21.3. The quantitative estimate of drug-likeness (QED) is 0.269. The predicted octanol–water partition coefficient (Wildman–Crippen LogP) is 6.37. The maximum atomic E-state index is 13.0. The largest absolute Gasteiger partial charge is 0.457 e. The highest BCUT2D eigenvalue weighted by molar-refractivity contribution is 6.06. The van der Waals surface area contributed by atoms with Crippen LogP contribution in [0.25, 0.3) is 5.52 Å². The monoisotopic (exact) mass is 502 g/mol. The molecule has 2 N–H and O–H groups in total. The molecule has 0 aliphatic carbocycles. The average Bonchev–Trinajstić information content (AvgIpc) is 3.25. The van der Waals surface area contributed by atoms with Crippen LogP contribution in [0.1, 0.15) is 21.5 Å². The van der Waals surface area contributed by atoms with Crippen molar-refractivity contribution in [2.45, 2.75) is 6.92 Å². The van der Waals surface area contributed by atoms with Crippen LogP contribution in [0.15, 0.2) is 91.3 Å². The Labute approximate surface area is 220 Å². The van der Waals surface area contributed by atoms with Gasteiger partial charge in [-0.3, -0.25) is 4.79 Å². The van der Waals surface area contributed by atoms with E-state index in [0.29, 0.717) is 33.8 Å². The van der Waals surface area contributed by atoms with Crippen LogP contribution in [-0.2, 0) is 0 Å². The molecular formula is C30H26N6O2. The van der Waals surface area contributed by atoms with Gasteiger partial charge in [0.25, 0.3) is 5.91 Å². The molecule has 0 spiro atoms. The van der Waals surface area contributed by atoms with E-state index in [4.69, 9.17) is 4.74 Å². The molecule has 3 aromatic carbocycles. The van der Waals surface area contributed by atoms with E-state index in [-0.39, 0.29) is 5.91 Å². The molecule has 8 heteroatoms. The molecule has 5 rings (SSSR count). The van der Waals surface area contributed by atoms with E-state index in [9.17, 15) is 10.1 Å². The molecule has 0 atom stereocenters. The summed E-state index contributed by atoms with van der Waals surface area (Å²) in [4.78, 5) is 15.0. The summed E-state index contributed by atoms with van der Waals surface area (Å²) in [6.07, 6.45) is 3.26. The minimum atomic E-state index is -0.225.